The van der Waals surface area contributed by atoms with Gasteiger partial charge in [0.25, 0.3) is 0 Å². The number of rotatable bonds is 1. The monoisotopic (exact) mass is 217 g/mol. The maximum absolute atomic E-state index is 5.13. The molecule has 3 rings (SSSR count). The van der Waals surface area contributed by atoms with Crippen LogP contribution in [-0.2, 0) is 4.84 Å². The van der Waals surface area contributed by atoms with Gasteiger partial charge >= 0.3 is 0 Å². The van der Waals surface area contributed by atoms with Gasteiger partial charge in [0, 0.05) is 6.20 Å². The summed E-state index contributed by atoms with van der Waals surface area (Å²) < 4.78 is 0. The number of aryl methyl sites for hydroxylation is 1. The molecule has 0 N–H and O–H groups in total. The van der Waals surface area contributed by atoms with Crippen LogP contribution in [0.25, 0.3) is 0 Å². The Kier molecular flexibility index (Phi) is 1.90. The topological polar surface area (TPSA) is 53.3 Å². The SMILES string of the molecule is CON1C=C2N=Nc3cc(C)cnc3N2C1. The summed E-state index contributed by atoms with van der Waals surface area (Å²) in [7, 11) is 1.62. The summed E-state index contributed by atoms with van der Waals surface area (Å²) in [4.78, 5) is 11.5. The lowest BCUT2D eigenvalue weighted by Gasteiger charge is -2.23. The third kappa shape index (κ3) is 1.27. The molecule has 0 spiro atoms. The molecule has 6 heteroatoms. The minimum absolute atomic E-state index is 0.591. The average Bonchev–Trinajstić information content (AvgIpc) is 2.71. The van der Waals surface area contributed by atoms with E-state index in [2.05, 4.69) is 15.2 Å². The first-order chi connectivity index (χ1) is 7.78. The number of nitrogens with zero attached hydrogens (tertiary/aromatic N) is 5. The molecule has 0 radical (unpaired) electrons. The van der Waals surface area contributed by atoms with Gasteiger partial charge in [-0.25, -0.2) is 10.0 Å². The normalized spacial score (nSPS) is 17.2. The molecule has 1 aromatic rings. The third-order valence-corrected chi connectivity index (χ3v) is 2.55. The fourth-order valence-corrected chi connectivity index (χ4v) is 1.75. The number of pyridine rings is 1. The Morgan fingerprint density at radius 1 is 1.38 bits per heavy atom. The van der Waals surface area contributed by atoms with Gasteiger partial charge in [0.1, 0.15) is 12.4 Å². The van der Waals surface area contributed by atoms with E-state index in [0.29, 0.717) is 6.67 Å². The summed E-state index contributed by atoms with van der Waals surface area (Å²) in [5.74, 6) is 1.58. The van der Waals surface area contributed by atoms with Crippen molar-refractivity contribution in [1.82, 2.24) is 10.0 Å². The molecule has 2 aliphatic rings. The Balaban J connectivity index is 2.05. The molecule has 0 aromatic carbocycles. The minimum Gasteiger partial charge on any atom is -0.285 e. The van der Waals surface area contributed by atoms with E-state index in [-0.39, 0.29) is 0 Å². The smallest absolute Gasteiger partial charge is 0.177 e. The quantitative estimate of drug-likeness (QED) is 0.721. The van der Waals surface area contributed by atoms with Crippen molar-refractivity contribution in [2.24, 2.45) is 10.2 Å². The molecule has 0 amide bonds. The van der Waals surface area contributed by atoms with Crippen molar-refractivity contribution in [3.8, 4) is 0 Å². The summed E-state index contributed by atoms with van der Waals surface area (Å²) in [5.41, 5.74) is 1.88. The molecule has 0 fully saturated rings. The van der Waals surface area contributed by atoms with Crippen molar-refractivity contribution in [2.45, 2.75) is 6.92 Å². The molecule has 3 heterocycles. The number of hydrogen-bond acceptors (Lipinski definition) is 6. The zero-order valence-electron chi connectivity index (χ0n) is 9.08. The Hall–Kier alpha value is -1.95. The predicted octanol–water partition coefficient (Wildman–Crippen LogP) is 1.93. The van der Waals surface area contributed by atoms with E-state index in [4.69, 9.17) is 4.84 Å². The van der Waals surface area contributed by atoms with Crippen molar-refractivity contribution >= 4 is 11.5 Å². The predicted molar refractivity (Wildman–Crippen MR) is 57.8 cm³/mol. The average molecular weight is 217 g/mol. The van der Waals surface area contributed by atoms with Crippen LogP contribution in [0.1, 0.15) is 5.56 Å². The van der Waals surface area contributed by atoms with Gasteiger partial charge in [-0.05, 0) is 18.6 Å². The Morgan fingerprint density at radius 3 is 3.06 bits per heavy atom. The van der Waals surface area contributed by atoms with Crippen LogP contribution >= 0.6 is 0 Å². The third-order valence-electron chi connectivity index (χ3n) is 2.55. The molecule has 6 nitrogen and oxygen atoms in total. The van der Waals surface area contributed by atoms with Gasteiger partial charge in [-0.1, -0.05) is 0 Å². The van der Waals surface area contributed by atoms with Crippen LogP contribution < -0.4 is 4.90 Å². The summed E-state index contributed by atoms with van der Waals surface area (Å²) >= 11 is 0. The summed E-state index contributed by atoms with van der Waals surface area (Å²) in [6.45, 7) is 2.58. The summed E-state index contributed by atoms with van der Waals surface area (Å²) in [6.07, 6.45) is 3.63. The van der Waals surface area contributed by atoms with E-state index in [1.165, 1.54) is 0 Å². The van der Waals surface area contributed by atoms with E-state index in [9.17, 15) is 0 Å². The number of hydrogen-bond donors (Lipinski definition) is 0. The van der Waals surface area contributed by atoms with Crippen molar-refractivity contribution < 1.29 is 4.84 Å². The molecule has 0 saturated heterocycles. The van der Waals surface area contributed by atoms with E-state index in [0.717, 1.165) is 22.9 Å². The lowest BCUT2D eigenvalue weighted by molar-refractivity contribution is -0.0790. The molecule has 0 saturated carbocycles. The van der Waals surface area contributed by atoms with Crippen molar-refractivity contribution in [1.29, 1.82) is 0 Å². The molecule has 16 heavy (non-hydrogen) atoms. The van der Waals surface area contributed by atoms with Crippen LogP contribution in [0.5, 0.6) is 0 Å². The first-order valence-corrected chi connectivity index (χ1v) is 4.96. The maximum Gasteiger partial charge on any atom is 0.177 e. The van der Waals surface area contributed by atoms with Crippen molar-refractivity contribution in [3.05, 3.63) is 29.8 Å². The number of anilines is 1. The van der Waals surface area contributed by atoms with Crippen molar-refractivity contribution in [2.75, 3.05) is 18.7 Å². The second-order valence-electron chi connectivity index (χ2n) is 3.71. The fraction of sp³-hybridized carbons (Fsp3) is 0.300. The van der Waals surface area contributed by atoms with Crippen LogP contribution in [0.3, 0.4) is 0 Å². The highest BCUT2D eigenvalue weighted by Crippen LogP contribution is 2.37. The second kappa shape index (κ2) is 3.28. The molecule has 2 aliphatic heterocycles. The number of azo groups is 1. The first-order valence-electron chi connectivity index (χ1n) is 4.96. The van der Waals surface area contributed by atoms with Crippen molar-refractivity contribution in [3.63, 3.8) is 0 Å². The standard InChI is InChI=1S/C10H11N5O/c1-7-3-8-10(11-4-7)15-6-14(16-2)5-9(15)13-12-8/h3-5H,6H2,1-2H3. The zero-order valence-corrected chi connectivity index (χ0v) is 9.08. The highest BCUT2D eigenvalue weighted by atomic mass is 16.7. The molecule has 82 valence electrons. The Bertz CT molecular complexity index is 496. The molecule has 0 atom stereocenters. The Labute approximate surface area is 92.8 Å². The number of hydroxylamine groups is 2. The lowest BCUT2D eigenvalue weighted by atomic mass is 10.2. The van der Waals surface area contributed by atoms with Crippen LogP contribution in [0.4, 0.5) is 11.5 Å². The maximum atomic E-state index is 5.13. The summed E-state index contributed by atoms with van der Waals surface area (Å²) in [6, 6.07) is 1.97. The largest absolute Gasteiger partial charge is 0.285 e. The zero-order chi connectivity index (χ0) is 11.1. The highest BCUT2D eigenvalue weighted by molar-refractivity contribution is 5.67. The van der Waals surface area contributed by atoms with Gasteiger partial charge in [-0.3, -0.25) is 9.74 Å². The van der Waals surface area contributed by atoms with Gasteiger partial charge in [-0.15, -0.1) is 10.2 Å². The molecule has 1 aromatic heterocycles. The van der Waals surface area contributed by atoms with Gasteiger partial charge in [0.05, 0.1) is 13.3 Å². The number of aromatic nitrogens is 1. The van der Waals surface area contributed by atoms with E-state index in [1.807, 2.05) is 24.1 Å². The first kappa shape index (κ1) is 9.29. The fourth-order valence-electron chi connectivity index (χ4n) is 1.75. The van der Waals surface area contributed by atoms with Crippen LogP contribution in [0.2, 0.25) is 0 Å². The van der Waals surface area contributed by atoms with Crippen LogP contribution in [-0.4, -0.2) is 23.8 Å². The van der Waals surface area contributed by atoms with Gasteiger partial charge in [-0.2, -0.15) is 0 Å². The Morgan fingerprint density at radius 2 is 2.25 bits per heavy atom. The van der Waals surface area contributed by atoms with E-state index in [1.54, 1.807) is 18.4 Å². The second-order valence-corrected chi connectivity index (χ2v) is 3.71. The minimum atomic E-state index is 0.591. The molecule has 0 bridgehead atoms. The molecular formula is C10H11N5O. The van der Waals surface area contributed by atoms with E-state index >= 15 is 0 Å². The van der Waals surface area contributed by atoms with Gasteiger partial charge in [0.15, 0.2) is 11.6 Å². The lowest BCUT2D eigenvalue weighted by Crippen LogP contribution is -2.27. The van der Waals surface area contributed by atoms with Crippen LogP contribution in [0, 0.1) is 6.92 Å². The van der Waals surface area contributed by atoms with Gasteiger partial charge in [0.2, 0.25) is 0 Å². The molecule has 0 unspecified atom stereocenters. The van der Waals surface area contributed by atoms with Crippen LogP contribution in [0.15, 0.2) is 34.5 Å². The molecule has 0 aliphatic carbocycles. The highest BCUT2D eigenvalue weighted by Gasteiger charge is 2.28. The van der Waals surface area contributed by atoms with Gasteiger partial charge < -0.3 is 0 Å². The molecular weight excluding hydrogens is 206 g/mol. The van der Waals surface area contributed by atoms with E-state index < -0.39 is 0 Å². The summed E-state index contributed by atoms with van der Waals surface area (Å²) in [5, 5.41) is 9.94. The number of fused-ring (bicyclic) bond motifs is 3.